The highest BCUT2D eigenvalue weighted by Gasteiger charge is 2.21. The number of pyridine rings is 2. The summed E-state index contributed by atoms with van der Waals surface area (Å²) in [5.74, 6) is 0.846. The number of nitrogens with zero attached hydrogens (tertiary/aromatic N) is 4. The lowest BCUT2D eigenvalue weighted by molar-refractivity contribution is 0.0951. The van der Waals surface area contributed by atoms with Gasteiger partial charge in [0.15, 0.2) is 0 Å². The predicted molar refractivity (Wildman–Crippen MR) is 115 cm³/mol. The number of aromatic nitrogens is 2. The van der Waals surface area contributed by atoms with Crippen molar-refractivity contribution in [3.8, 4) is 0 Å². The van der Waals surface area contributed by atoms with Gasteiger partial charge in [-0.15, -0.1) is 0 Å². The Balaban J connectivity index is 1.41. The molecule has 1 aliphatic rings. The van der Waals surface area contributed by atoms with Gasteiger partial charge in [-0.1, -0.05) is 24.3 Å². The second-order valence-electron chi connectivity index (χ2n) is 7.17. The molecule has 1 saturated heterocycles. The molecule has 6 heteroatoms. The fourth-order valence-electron chi connectivity index (χ4n) is 3.71. The van der Waals surface area contributed by atoms with Crippen molar-refractivity contribution < 1.29 is 4.79 Å². The Morgan fingerprint density at radius 3 is 2.41 bits per heavy atom. The number of benzene rings is 1. The SMILES string of the molecule is Cc1ccccc1N1CCN(c2ncccc2CNC(=O)c2ccncc2)CC1. The number of para-hydroxylation sites is 1. The lowest BCUT2D eigenvalue weighted by Gasteiger charge is -2.38. The second kappa shape index (κ2) is 8.73. The molecule has 1 aromatic carbocycles. The summed E-state index contributed by atoms with van der Waals surface area (Å²) in [6.07, 6.45) is 5.06. The van der Waals surface area contributed by atoms with E-state index in [0.29, 0.717) is 12.1 Å². The minimum absolute atomic E-state index is 0.105. The van der Waals surface area contributed by atoms with Crippen molar-refractivity contribution in [2.75, 3.05) is 36.0 Å². The molecule has 0 radical (unpaired) electrons. The number of anilines is 2. The zero-order chi connectivity index (χ0) is 20.1. The molecule has 1 N–H and O–H groups in total. The van der Waals surface area contributed by atoms with E-state index >= 15 is 0 Å². The third-order valence-electron chi connectivity index (χ3n) is 5.28. The molecule has 1 fully saturated rings. The number of aryl methyl sites for hydroxylation is 1. The molecular weight excluding hydrogens is 362 g/mol. The standard InChI is InChI=1S/C23H25N5O/c1-18-5-2-3-7-21(18)27-13-15-28(16-14-27)22-20(6-4-10-25-22)17-26-23(29)19-8-11-24-12-9-19/h2-12H,13-17H2,1H3,(H,26,29). The summed E-state index contributed by atoms with van der Waals surface area (Å²) in [5, 5.41) is 2.99. The van der Waals surface area contributed by atoms with Crippen molar-refractivity contribution in [3.05, 3.63) is 83.8 Å². The first-order chi connectivity index (χ1) is 14.2. The van der Waals surface area contributed by atoms with E-state index in [2.05, 4.69) is 56.3 Å². The van der Waals surface area contributed by atoms with Gasteiger partial charge in [-0.2, -0.15) is 0 Å². The molecule has 0 spiro atoms. The third kappa shape index (κ3) is 4.37. The van der Waals surface area contributed by atoms with Crippen LogP contribution in [0.25, 0.3) is 0 Å². The van der Waals surface area contributed by atoms with Gasteiger partial charge in [0.2, 0.25) is 0 Å². The van der Waals surface area contributed by atoms with Gasteiger partial charge in [0.25, 0.3) is 5.91 Å². The number of piperazine rings is 1. The Morgan fingerprint density at radius 2 is 1.66 bits per heavy atom. The van der Waals surface area contributed by atoms with Crippen LogP contribution in [0.3, 0.4) is 0 Å². The van der Waals surface area contributed by atoms with Crippen LogP contribution in [0.2, 0.25) is 0 Å². The number of hydrogen-bond donors (Lipinski definition) is 1. The Kier molecular flexibility index (Phi) is 5.70. The molecule has 1 aliphatic heterocycles. The normalized spacial score (nSPS) is 14.0. The van der Waals surface area contributed by atoms with Crippen molar-refractivity contribution in [2.24, 2.45) is 0 Å². The van der Waals surface area contributed by atoms with Crippen LogP contribution in [0.1, 0.15) is 21.5 Å². The first-order valence-corrected chi connectivity index (χ1v) is 9.90. The van der Waals surface area contributed by atoms with E-state index in [1.54, 1.807) is 24.5 Å². The first kappa shape index (κ1) is 18.9. The summed E-state index contributed by atoms with van der Waals surface area (Å²) >= 11 is 0. The van der Waals surface area contributed by atoms with Gasteiger partial charge < -0.3 is 15.1 Å². The maximum Gasteiger partial charge on any atom is 0.251 e. The zero-order valence-electron chi connectivity index (χ0n) is 16.6. The molecule has 0 atom stereocenters. The fraction of sp³-hybridized carbons (Fsp3) is 0.261. The van der Waals surface area contributed by atoms with E-state index in [0.717, 1.165) is 37.6 Å². The van der Waals surface area contributed by atoms with Crippen molar-refractivity contribution in [2.45, 2.75) is 13.5 Å². The highest BCUT2D eigenvalue weighted by Crippen LogP contribution is 2.24. The summed E-state index contributed by atoms with van der Waals surface area (Å²) < 4.78 is 0. The van der Waals surface area contributed by atoms with E-state index in [-0.39, 0.29) is 5.91 Å². The molecule has 6 nitrogen and oxygen atoms in total. The number of rotatable bonds is 5. The van der Waals surface area contributed by atoms with E-state index in [1.807, 2.05) is 18.3 Å². The van der Waals surface area contributed by atoms with E-state index < -0.39 is 0 Å². The largest absolute Gasteiger partial charge is 0.368 e. The average Bonchev–Trinajstić information content (AvgIpc) is 2.79. The predicted octanol–water partition coefficient (Wildman–Crippen LogP) is 3.04. The summed E-state index contributed by atoms with van der Waals surface area (Å²) in [6.45, 7) is 6.30. The monoisotopic (exact) mass is 387 g/mol. The van der Waals surface area contributed by atoms with E-state index in [4.69, 9.17) is 0 Å². The summed E-state index contributed by atoms with van der Waals surface area (Å²) in [7, 11) is 0. The summed E-state index contributed by atoms with van der Waals surface area (Å²) in [4.78, 5) is 25.7. The molecule has 148 valence electrons. The maximum absolute atomic E-state index is 12.4. The van der Waals surface area contributed by atoms with Crippen LogP contribution >= 0.6 is 0 Å². The number of nitrogens with one attached hydrogen (secondary N) is 1. The van der Waals surface area contributed by atoms with Crippen molar-refractivity contribution >= 4 is 17.4 Å². The molecule has 0 unspecified atom stereocenters. The molecule has 29 heavy (non-hydrogen) atoms. The van der Waals surface area contributed by atoms with Crippen molar-refractivity contribution in [3.63, 3.8) is 0 Å². The van der Waals surface area contributed by atoms with Gasteiger partial charge in [0, 0.05) is 68.1 Å². The number of hydrogen-bond acceptors (Lipinski definition) is 5. The number of amides is 1. The van der Waals surface area contributed by atoms with Crippen LogP contribution in [-0.4, -0.2) is 42.1 Å². The first-order valence-electron chi connectivity index (χ1n) is 9.90. The smallest absolute Gasteiger partial charge is 0.251 e. The zero-order valence-corrected chi connectivity index (χ0v) is 16.6. The van der Waals surface area contributed by atoms with Gasteiger partial charge in [-0.3, -0.25) is 9.78 Å². The van der Waals surface area contributed by atoms with Crippen LogP contribution in [0.5, 0.6) is 0 Å². The highest BCUT2D eigenvalue weighted by atomic mass is 16.1. The Morgan fingerprint density at radius 1 is 0.931 bits per heavy atom. The molecule has 0 saturated carbocycles. The maximum atomic E-state index is 12.4. The molecule has 1 amide bonds. The van der Waals surface area contributed by atoms with Crippen LogP contribution in [0.15, 0.2) is 67.1 Å². The van der Waals surface area contributed by atoms with Crippen LogP contribution in [0.4, 0.5) is 11.5 Å². The van der Waals surface area contributed by atoms with Crippen LogP contribution < -0.4 is 15.1 Å². The van der Waals surface area contributed by atoms with Gasteiger partial charge >= 0.3 is 0 Å². The highest BCUT2D eigenvalue weighted by molar-refractivity contribution is 5.94. The fourth-order valence-corrected chi connectivity index (χ4v) is 3.71. The van der Waals surface area contributed by atoms with Gasteiger partial charge in [0.1, 0.15) is 5.82 Å². The molecule has 0 bridgehead atoms. The minimum Gasteiger partial charge on any atom is -0.368 e. The van der Waals surface area contributed by atoms with Gasteiger partial charge in [-0.05, 0) is 36.8 Å². The topological polar surface area (TPSA) is 61.4 Å². The van der Waals surface area contributed by atoms with E-state index in [9.17, 15) is 4.79 Å². The quantitative estimate of drug-likeness (QED) is 0.729. The molecule has 2 aromatic heterocycles. The third-order valence-corrected chi connectivity index (χ3v) is 5.28. The Bertz CT molecular complexity index is 968. The van der Waals surface area contributed by atoms with Crippen LogP contribution in [0, 0.1) is 6.92 Å². The minimum atomic E-state index is -0.105. The van der Waals surface area contributed by atoms with Crippen molar-refractivity contribution in [1.29, 1.82) is 0 Å². The van der Waals surface area contributed by atoms with Crippen LogP contribution in [-0.2, 0) is 6.54 Å². The number of carbonyl (C=O) groups is 1. The van der Waals surface area contributed by atoms with E-state index in [1.165, 1.54) is 11.3 Å². The number of carbonyl (C=O) groups excluding carboxylic acids is 1. The molecular formula is C23H25N5O. The van der Waals surface area contributed by atoms with Crippen molar-refractivity contribution in [1.82, 2.24) is 15.3 Å². The summed E-state index contributed by atoms with van der Waals surface area (Å²) in [6, 6.07) is 15.9. The van der Waals surface area contributed by atoms with Gasteiger partial charge in [-0.25, -0.2) is 4.98 Å². The summed E-state index contributed by atoms with van der Waals surface area (Å²) in [5.41, 5.74) is 4.24. The molecule has 3 heterocycles. The average molecular weight is 387 g/mol. The second-order valence-corrected chi connectivity index (χ2v) is 7.17. The Hall–Kier alpha value is -3.41. The molecule has 0 aliphatic carbocycles. The Labute approximate surface area is 171 Å². The lowest BCUT2D eigenvalue weighted by atomic mass is 10.1. The molecule has 4 rings (SSSR count). The lowest BCUT2D eigenvalue weighted by Crippen LogP contribution is -2.47. The van der Waals surface area contributed by atoms with Gasteiger partial charge in [0.05, 0.1) is 0 Å². The molecule has 3 aromatic rings.